The van der Waals surface area contributed by atoms with Gasteiger partial charge >= 0.3 is 0 Å². The summed E-state index contributed by atoms with van der Waals surface area (Å²) in [7, 11) is 0. The molecule has 52 valence electrons. The number of halogens is 1. The number of alkyl halides is 1. The van der Waals surface area contributed by atoms with Crippen molar-refractivity contribution in [3.05, 3.63) is 0 Å². The molecule has 0 bridgehead atoms. The van der Waals surface area contributed by atoms with E-state index < -0.39 is 9.65 Å². The Morgan fingerprint density at radius 2 is 2.56 bits per heavy atom. The van der Waals surface area contributed by atoms with Crippen LogP contribution in [0.15, 0.2) is 0 Å². The number of amides is 1. The first-order chi connectivity index (χ1) is 4.04. The van der Waals surface area contributed by atoms with E-state index in [2.05, 4.69) is 5.48 Å². The van der Waals surface area contributed by atoms with E-state index in [1.807, 2.05) is 22.6 Å². The number of hydrogen-bond donors (Lipinski definition) is 2. The maximum atomic E-state index is 10.6. The van der Waals surface area contributed by atoms with Gasteiger partial charge in [0, 0.05) is 0 Å². The minimum absolute atomic E-state index is 0.257. The predicted octanol–water partition coefficient (Wildman–Crippen LogP) is -0.474. The number of rotatable bonds is 0. The number of carbonyl (C=O) groups excluding carboxylic acids is 1. The first-order valence-corrected chi connectivity index (χ1v) is 3.54. The molecule has 4 nitrogen and oxygen atoms in total. The third-order valence-corrected chi connectivity index (χ3v) is 2.08. The fraction of sp³-hybridized carbons (Fsp3) is 0.750. The zero-order chi connectivity index (χ0) is 7.07. The second-order valence-corrected chi connectivity index (χ2v) is 4.17. The molecule has 0 saturated carbocycles. The number of hydroxylamine groups is 1. The van der Waals surface area contributed by atoms with Gasteiger partial charge in [0.2, 0.25) is 0 Å². The van der Waals surface area contributed by atoms with Crippen molar-refractivity contribution in [3.63, 3.8) is 0 Å². The highest BCUT2D eigenvalue weighted by atomic mass is 127. The number of carbonyl (C=O) groups is 1. The van der Waals surface area contributed by atoms with E-state index in [1.165, 1.54) is 0 Å². The molecule has 1 heterocycles. The number of hydrogen-bond acceptors (Lipinski definition) is 3. The molecule has 9 heavy (non-hydrogen) atoms. The standard InChI is InChI=1S/C4H7IN2O2/c1-4(5)2(6)3(8)7-9-4/h2H,6H2,1H3,(H,7,8)/t2?,4-/m0/s1. The Kier molecular flexibility index (Phi) is 1.66. The lowest BCUT2D eigenvalue weighted by atomic mass is 10.2. The van der Waals surface area contributed by atoms with Gasteiger partial charge in [-0.05, 0) is 29.5 Å². The molecule has 1 rings (SSSR count). The zero-order valence-electron chi connectivity index (χ0n) is 4.85. The normalized spacial score (nSPS) is 43.0. The van der Waals surface area contributed by atoms with Crippen LogP contribution in [0.3, 0.4) is 0 Å². The molecule has 3 N–H and O–H groups in total. The minimum atomic E-state index is -0.588. The van der Waals surface area contributed by atoms with Crippen molar-refractivity contribution < 1.29 is 9.63 Å². The monoisotopic (exact) mass is 242 g/mol. The number of nitrogens with one attached hydrogen (secondary N) is 1. The van der Waals surface area contributed by atoms with Crippen molar-refractivity contribution in [2.45, 2.75) is 16.6 Å². The van der Waals surface area contributed by atoms with Crippen molar-refractivity contribution in [2.24, 2.45) is 5.73 Å². The molecule has 0 aliphatic carbocycles. The summed E-state index contributed by atoms with van der Waals surface area (Å²) in [6.45, 7) is 1.75. The van der Waals surface area contributed by atoms with Crippen LogP contribution in [0.5, 0.6) is 0 Å². The van der Waals surface area contributed by atoms with Gasteiger partial charge < -0.3 is 5.73 Å². The van der Waals surface area contributed by atoms with E-state index in [1.54, 1.807) is 6.92 Å². The minimum Gasteiger partial charge on any atom is -0.317 e. The second-order valence-electron chi connectivity index (χ2n) is 2.03. The molecule has 0 aromatic heterocycles. The van der Waals surface area contributed by atoms with Crippen LogP contribution in [0, 0.1) is 0 Å². The molecular weight excluding hydrogens is 235 g/mol. The molecule has 1 fully saturated rings. The molecule has 0 radical (unpaired) electrons. The lowest BCUT2D eigenvalue weighted by Crippen LogP contribution is -2.41. The van der Waals surface area contributed by atoms with Crippen LogP contribution < -0.4 is 11.2 Å². The van der Waals surface area contributed by atoms with E-state index in [0.29, 0.717) is 0 Å². The number of nitrogens with two attached hydrogens (primary N) is 1. The van der Waals surface area contributed by atoms with Crippen LogP contribution in [-0.2, 0) is 9.63 Å². The van der Waals surface area contributed by atoms with Crippen molar-refractivity contribution in [3.8, 4) is 0 Å². The highest BCUT2D eigenvalue weighted by Crippen LogP contribution is 2.25. The van der Waals surface area contributed by atoms with Crippen LogP contribution in [0.2, 0.25) is 0 Å². The first-order valence-electron chi connectivity index (χ1n) is 2.46. The van der Waals surface area contributed by atoms with E-state index in [9.17, 15) is 4.79 Å². The third kappa shape index (κ3) is 1.17. The summed E-state index contributed by atoms with van der Waals surface area (Å²) < 4.78 is -0.588. The molecule has 2 atom stereocenters. The van der Waals surface area contributed by atoms with Gasteiger partial charge in [0.15, 0.2) is 3.61 Å². The van der Waals surface area contributed by atoms with Gasteiger partial charge in [-0.3, -0.25) is 9.63 Å². The molecule has 0 spiro atoms. The summed E-state index contributed by atoms with van der Waals surface area (Å²) in [6, 6.07) is -0.557. The second kappa shape index (κ2) is 2.06. The summed E-state index contributed by atoms with van der Waals surface area (Å²) in [5.74, 6) is -0.257. The average molecular weight is 242 g/mol. The van der Waals surface area contributed by atoms with Crippen LogP contribution in [0.4, 0.5) is 0 Å². The maximum Gasteiger partial charge on any atom is 0.264 e. The van der Waals surface area contributed by atoms with Crippen molar-refractivity contribution in [1.29, 1.82) is 0 Å². The Bertz CT molecular complexity index is 148. The molecule has 1 amide bonds. The topological polar surface area (TPSA) is 64.3 Å². The highest BCUT2D eigenvalue weighted by molar-refractivity contribution is 14.1. The Labute approximate surface area is 66.2 Å². The van der Waals surface area contributed by atoms with E-state index in [0.717, 1.165) is 0 Å². The lowest BCUT2D eigenvalue weighted by molar-refractivity contribution is -0.125. The molecule has 1 unspecified atom stereocenters. The SMILES string of the molecule is C[C@]1(I)ONC(=O)C1N. The van der Waals surface area contributed by atoms with Gasteiger partial charge in [0.1, 0.15) is 6.04 Å². The van der Waals surface area contributed by atoms with Gasteiger partial charge in [0.05, 0.1) is 0 Å². The zero-order valence-corrected chi connectivity index (χ0v) is 7.01. The van der Waals surface area contributed by atoms with Crippen LogP contribution in [0.25, 0.3) is 0 Å². The molecule has 1 saturated heterocycles. The van der Waals surface area contributed by atoms with Crippen molar-refractivity contribution >= 4 is 28.5 Å². The Hall–Kier alpha value is 0.120. The summed E-state index contributed by atoms with van der Waals surface area (Å²) in [4.78, 5) is 15.5. The lowest BCUT2D eigenvalue weighted by Gasteiger charge is -2.14. The van der Waals surface area contributed by atoms with Crippen LogP contribution in [0.1, 0.15) is 6.92 Å². The first kappa shape index (κ1) is 7.23. The molecule has 5 heteroatoms. The predicted molar refractivity (Wildman–Crippen MR) is 39.6 cm³/mol. The molecule has 1 aliphatic rings. The van der Waals surface area contributed by atoms with Crippen molar-refractivity contribution in [2.75, 3.05) is 0 Å². The van der Waals surface area contributed by atoms with E-state index in [-0.39, 0.29) is 5.91 Å². The van der Waals surface area contributed by atoms with Gasteiger partial charge in [-0.1, -0.05) is 0 Å². The van der Waals surface area contributed by atoms with Gasteiger partial charge in [-0.15, -0.1) is 0 Å². The fourth-order valence-corrected chi connectivity index (χ4v) is 0.904. The summed E-state index contributed by atoms with van der Waals surface area (Å²) in [5, 5.41) is 0. The summed E-state index contributed by atoms with van der Waals surface area (Å²) in [6.07, 6.45) is 0. The van der Waals surface area contributed by atoms with Crippen LogP contribution in [-0.4, -0.2) is 15.6 Å². The fourth-order valence-electron chi connectivity index (χ4n) is 0.511. The molecular formula is C4H7IN2O2. The summed E-state index contributed by atoms with van der Waals surface area (Å²) in [5.41, 5.74) is 7.60. The maximum absolute atomic E-state index is 10.6. The Morgan fingerprint density at radius 1 is 2.00 bits per heavy atom. The largest absolute Gasteiger partial charge is 0.317 e. The Balaban J connectivity index is 2.73. The van der Waals surface area contributed by atoms with Gasteiger partial charge in [0.25, 0.3) is 5.91 Å². The van der Waals surface area contributed by atoms with Crippen molar-refractivity contribution in [1.82, 2.24) is 5.48 Å². The molecule has 0 aromatic rings. The average Bonchev–Trinajstić information content (AvgIpc) is 1.97. The molecule has 1 aliphatic heterocycles. The van der Waals surface area contributed by atoms with Crippen LogP contribution >= 0.6 is 22.6 Å². The Morgan fingerprint density at radius 3 is 2.67 bits per heavy atom. The highest BCUT2D eigenvalue weighted by Gasteiger charge is 2.42. The van der Waals surface area contributed by atoms with E-state index >= 15 is 0 Å². The third-order valence-electron chi connectivity index (χ3n) is 1.19. The van der Waals surface area contributed by atoms with Gasteiger partial charge in [-0.2, -0.15) is 0 Å². The quantitative estimate of drug-likeness (QED) is 0.445. The summed E-state index contributed by atoms with van der Waals surface area (Å²) >= 11 is 1.98. The molecule has 0 aromatic carbocycles. The van der Waals surface area contributed by atoms with E-state index in [4.69, 9.17) is 10.6 Å². The smallest absolute Gasteiger partial charge is 0.264 e. The van der Waals surface area contributed by atoms with Gasteiger partial charge in [-0.25, -0.2) is 5.48 Å².